The maximum Gasteiger partial charge on any atom is 0.418 e. The lowest BCUT2D eigenvalue weighted by Crippen LogP contribution is -2.31. The van der Waals surface area contributed by atoms with Crippen LogP contribution >= 0.6 is 0 Å². The largest absolute Gasteiger partial charge is 0.465 e. The lowest BCUT2D eigenvalue weighted by Gasteiger charge is -2.26. The van der Waals surface area contributed by atoms with E-state index in [0.29, 0.717) is 0 Å². The molecular weight excluding hydrogens is 249 g/mol. The number of rotatable bonds is 3. The number of alkyl halides is 3. The number of aromatic nitrogens is 1. The first-order valence-electron chi connectivity index (χ1n) is 5.26. The van der Waals surface area contributed by atoms with Gasteiger partial charge in [0.05, 0.1) is 17.3 Å². The molecule has 1 atom stereocenters. The second-order valence-electron chi connectivity index (χ2n) is 3.75. The fraction of sp³-hybridized carbons (Fsp3) is 0.455. The summed E-state index contributed by atoms with van der Waals surface area (Å²) in [6.45, 7) is 1.61. The molecule has 100 valence electrons. The van der Waals surface area contributed by atoms with Crippen LogP contribution in [0.4, 0.5) is 18.0 Å². The van der Waals surface area contributed by atoms with Crippen LogP contribution in [0.3, 0.4) is 0 Å². The lowest BCUT2D eigenvalue weighted by molar-refractivity contribution is -0.139. The Bertz CT molecular complexity index is 435. The third kappa shape index (κ3) is 2.91. The Labute approximate surface area is 102 Å². The van der Waals surface area contributed by atoms with E-state index in [4.69, 9.17) is 5.11 Å². The molecule has 0 aliphatic heterocycles. The smallest absolute Gasteiger partial charge is 0.418 e. The molecule has 0 fully saturated rings. The maximum atomic E-state index is 12.8. The van der Waals surface area contributed by atoms with E-state index in [-0.39, 0.29) is 12.1 Å². The van der Waals surface area contributed by atoms with Crippen molar-refractivity contribution in [3.63, 3.8) is 0 Å². The van der Waals surface area contributed by atoms with Crippen LogP contribution in [0, 0.1) is 0 Å². The molecule has 0 radical (unpaired) electrons. The zero-order valence-corrected chi connectivity index (χ0v) is 9.90. The van der Waals surface area contributed by atoms with Gasteiger partial charge in [-0.1, -0.05) is 6.92 Å². The van der Waals surface area contributed by atoms with Crippen LogP contribution in [0.25, 0.3) is 0 Å². The molecule has 1 heterocycles. The number of carboxylic acid groups (broad SMARTS) is 1. The molecule has 0 aliphatic carbocycles. The van der Waals surface area contributed by atoms with Crippen molar-refractivity contribution in [3.8, 4) is 0 Å². The van der Waals surface area contributed by atoms with Crippen LogP contribution in [0.5, 0.6) is 0 Å². The van der Waals surface area contributed by atoms with Crippen LogP contribution < -0.4 is 0 Å². The van der Waals surface area contributed by atoms with Crippen LogP contribution in [0.15, 0.2) is 18.3 Å². The standard InChI is InChI=1S/C11H13F3N2O2/c1-3-8(16(2)10(17)18)9-7(11(12,13)14)5-4-6-15-9/h4-6,8H,3H2,1-2H3,(H,17,18). The summed E-state index contributed by atoms with van der Waals surface area (Å²) < 4.78 is 38.4. The molecular formula is C11H13F3N2O2. The van der Waals surface area contributed by atoms with Crippen LogP contribution in [-0.4, -0.2) is 28.1 Å². The highest BCUT2D eigenvalue weighted by Gasteiger charge is 2.37. The van der Waals surface area contributed by atoms with E-state index < -0.39 is 23.9 Å². The summed E-state index contributed by atoms with van der Waals surface area (Å²) in [5.74, 6) is 0. The summed E-state index contributed by atoms with van der Waals surface area (Å²) in [6.07, 6.45) is -4.40. The van der Waals surface area contributed by atoms with Gasteiger partial charge in [0.2, 0.25) is 0 Å². The average molecular weight is 262 g/mol. The molecule has 0 aliphatic rings. The number of nitrogens with zero attached hydrogens (tertiary/aromatic N) is 2. The molecule has 1 aromatic heterocycles. The fourth-order valence-corrected chi connectivity index (χ4v) is 1.71. The summed E-state index contributed by atoms with van der Waals surface area (Å²) in [7, 11) is 1.23. The number of halogens is 3. The summed E-state index contributed by atoms with van der Waals surface area (Å²) in [5, 5.41) is 8.86. The molecule has 0 saturated carbocycles. The number of hydrogen-bond acceptors (Lipinski definition) is 2. The number of hydrogen-bond donors (Lipinski definition) is 1. The van der Waals surface area contributed by atoms with E-state index in [2.05, 4.69) is 4.98 Å². The first-order chi connectivity index (χ1) is 8.29. The second-order valence-corrected chi connectivity index (χ2v) is 3.75. The van der Waals surface area contributed by atoms with Crippen molar-refractivity contribution >= 4 is 6.09 Å². The third-order valence-electron chi connectivity index (χ3n) is 2.62. The normalized spacial score (nSPS) is 13.2. The van der Waals surface area contributed by atoms with Crippen molar-refractivity contribution in [2.45, 2.75) is 25.6 Å². The Morgan fingerprint density at radius 1 is 1.56 bits per heavy atom. The minimum Gasteiger partial charge on any atom is -0.465 e. The van der Waals surface area contributed by atoms with E-state index >= 15 is 0 Å². The van der Waals surface area contributed by atoms with Crippen LogP contribution in [-0.2, 0) is 6.18 Å². The minimum absolute atomic E-state index is 0.211. The third-order valence-corrected chi connectivity index (χ3v) is 2.62. The monoisotopic (exact) mass is 262 g/mol. The summed E-state index contributed by atoms with van der Waals surface area (Å²) in [5.41, 5.74) is -1.16. The molecule has 7 heteroatoms. The minimum atomic E-state index is -4.55. The van der Waals surface area contributed by atoms with E-state index in [9.17, 15) is 18.0 Å². The lowest BCUT2D eigenvalue weighted by atomic mass is 10.0. The van der Waals surface area contributed by atoms with E-state index in [0.717, 1.165) is 11.0 Å². The Morgan fingerprint density at radius 3 is 2.61 bits per heavy atom. The molecule has 1 amide bonds. The first kappa shape index (κ1) is 14.3. The van der Waals surface area contributed by atoms with Gasteiger partial charge < -0.3 is 10.0 Å². The highest BCUT2D eigenvalue weighted by molar-refractivity contribution is 5.65. The van der Waals surface area contributed by atoms with Crippen LogP contribution in [0.2, 0.25) is 0 Å². The summed E-state index contributed by atoms with van der Waals surface area (Å²) >= 11 is 0. The van der Waals surface area contributed by atoms with Crippen molar-refractivity contribution < 1.29 is 23.1 Å². The Kier molecular flexibility index (Phi) is 4.15. The topological polar surface area (TPSA) is 53.4 Å². The van der Waals surface area contributed by atoms with Gasteiger partial charge in [-0.3, -0.25) is 4.98 Å². The molecule has 1 aromatic rings. The fourth-order valence-electron chi connectivity index (χ4n) is 1.71. The van der Waals surface area contributed by atoms with E-state index in [1.165, 1.54) is 19.3 Å². The van der Waals surface area contributed by atoms with Gasteiger partial charge in [0.25, 0.3) is 0 Å². The molecule has 18 heavy (non-hydrogen) atoms. The van der Waals surface area contributed by atoms with Gasteiger partial charge in [0, 0.05) is 13.2 Å². The van der Waals surface area contributed by atoms with Crippen molar-refractivity contribution in [2.24, 2.45) is 0 Å². The van der Waals surface area contributed by atoms with Gasteiger partial charge in [-0.25, -0.2) is 4.79 Å². The van der Waals surface area contributed by atoms with Gasteiger partial charge >= 0.3 is 12.3 Å². The molecule has 4 nitrogen and oxygen atoms in total. The predicted octanol–water partition coefficient (Wildman–Crippen LogP) is 3.16. The van der Waals surface area contributed by atoms with E-state index in [1.54, 1.807) is 6.92 Å². The number of pyridine rings is 1. The van der Waals surface area contributed by atoms with Gasteiger partial charge in [0.15, 0.2) is 0 Å². The molecule has 1 N–H and O–H groups in total. The van der Waals surface area contributed by atoms with Crippen molar-refractivity contribution in [1.29, 1.82) is 0 Å². The van der Waals surface area contributed by atoms with Gasteiger partial charge in [-0.15, -0.1) is 0 Å². The summed E-state index contributed by atoms with van der Waals surface area (Å²) in [6, 6.07) is 1.17. The Balaban J connectivity index is 3.26. The molecule has 0 bridgehead atoms. The van der Waals surface area contributed by atoms with Crippen LogP contribution in [0.1, 0.15) is 30.6 Å². The molecule has 0 spiro atoms. The zero-order chi connectivity index (χ0) is 13.9. The molecule has 1 unspecified atom stereocenters. The number of amides is 1. The second kappa shape index (κ2) is 5.24. The zero-order valence-electron chi connectivity index (χ0n) is 9.90. The van der Waals surface area contributed by atoms with Gasteiger partial charge in [0.1, 0.15) is 0 Å². The first-order valence-corrected chi connectivity index (χ1v) is 5.26. The Morgan fingerprint density at radius 2 is 2.17 bits per heavy atom. The predicted molar refractivity (Wildman–Crippen MR) is 58.1 cm³/mol. The number of carbonyl (C=O) groups is 1. The van der Waals surface area contributed by atoms with Crippen molar-refractivity contribution in [1.82, 2.24) is 9.88 Å². The summed E-state index contributed by atoms with van der Waals surface area (Å²) in [4.78, 5) is 15.4. The van der Waals surface area contributed by atoms with Crippen molar-refractivity contribution in [2.75, 3.05) is 7.05 Å². The Hall–Kier alpha value is -1.79. The average Bonchev–Trinajstić information content (AvgIpc) is 2.29. The van der Waals surface area contributed by atoms with Gasteiger partial charge in [-0.2, -0.15) is 13.2 Å². The maximum absolute atomic E-state index is 12.8. The highest BCUT2D eigenvalue weighted by Crippen LogP contribution is 2.35. The molecule has 0 saturated heterocycles. The SMILES string of the molecule is CCC(c1ncccc1C(F)(F)F)N(C)C(=O)O. The van der Waals surface area contributed by atoms with Gasteiger partial charge in [-0.05, 0) is 18.6 Å². The van der Waals surface area contributed by atoms with Crippen molar-refractivity contribution in [3.05, 3.63) is 29.6 Å². The quantitative estimate of drug-likeness (QED) is 0.910. The molecule has 0 aromatic carbocycles. The highest BCUT2D eigenvalue weighted by atomic mass is 19.4. The molecule has 1 rings (SSSR count). The van der Waals surface area contributed by atoms with E-state index in [1.807, 2.05) is 0 Å².